The second-order valence-corrected chi connectivity index (χ2v) is 8.50. The van der Waals surface area contributed by atoms with Crippen molar-refractivity contribution in [2.24, 2.45) is 0 Å². The average Bonchev–Trinajstić information content (AvgIpc) is 2.83. The lowest BCUT2D eigenvalue weighted by molar-refractivity contribution is -0.136. The van der Waals surface area contributed by atoms with Gasteiger partial charge < -0.3 is 5.11 Å². The maximum absolute atomic E-state index is 10.9. The van der Waals surface area contributed by atoms with Gasteiger partial charge in [-0.3, -0.25) is 4.79 Å². The van der Waals surface area contributed by atoms with Crippen LogP contribution in [0.3, 0.4) is 0 Å². The molecular weight excluding hydrogens is 460 g/mol. The van der Waals surface area contributed by atoms with Crippen LogP contribution in [-0.2, 0) is 11.2 Å². The molecule has 0 atom stereocenters. The van der Waals surface area contributed by atoms with Crippen molar-refractivity contribution in [3.63, 3.8) is 0 Å². The van der Waals surface area contributed by atoms with E-state index >= 15 is 0 Å². The highest BCUT2D eigenvalue weighted by atomic mass is 79.9. The fourth-order valence-electron chi connectivity index (χ4n) is 3.83. The summed E-state index contributed by atoms with van der Waals surface area (Å²) in [5.74, 6) is -0.777. The zero-order valence-electron chi connectivity index (χ0n) is 17.5. The molecule has 0 heterocycles. The predicted octanol–water partition coefficient (Wildman–Crippen LogP) is 7.47. The molecule has 0 saturated carbocycles. The van der Waals surface area contributed by atoms with Gasteiger partial charge in [0.2, 0.25) is 0 Å². The SMILES string of the molecule is O=C(O)CCc1ccc(C(=C(c2ccccc2)c2ccc(Br)cc2)c2ccccc2)cc1. The maximum Gasteiger partial charge on any atom is 0.303 e. The third-order valence-electron chi connectivity index (χ3n) is 5.38. The van der Waals surface area contributed by atoms with Crippen LogP contribution in [0.2, 0.25) is 0 Å². The van der Waals surface area contributed by atoms with Crippen molar-refractivity contribution in [1.29, 1.82) is 0 Å². The lowest BCUT2D eigenvalue weighted by Gasteiger charge is -2.18. The van der Waals surface area contributed by atoms with Crippen molar-refractivity contribution in [3.8, 4) is 0 Å². The number of aliphatic carboxylic acids is 1. The highest BCUT2D eigenvalue weighted by Crippen LogP contribution is 2.37. The zero-order chi connectivity index (χ0) is 22.3. The molecule has 0 spiro atoms. The molecule has 0 unspecified atom stereocenters. The van der Waals surface area contributed by atoms with Gasteiger partial charge in [-0.15, -0.1) is 0 Å². The van der Waals surface area contributed by atoms with Crippen molar-refractivity contribution >= 4 is 33.0 Å². The van der Waals surface area contributed by atoms with Gasteiger partial charge >= 0.3 is 5.97 Å². The Balaban J connectivity index is 1.94. The van der Waals surface area contributed by atoms with Crippen LogP contribution in [0.1, 0.15) is 34.2 Å². The second kappa shape index (κ2) is 10.3. The summed E-state index contributed by atoms with van der Waals surface area (Å²) in [7, 11) is 0. The van der Waals surface area contributed by atoms with Crippen molar-refractivity contribution in [2.45, 2.75) is 12.8 Å². The van der Waals surface area contributed by atoms with Crippen LogP contribution >= 0.6 is 15.9 Å². The first-order valence-corrected chi connectivity index (χ1v) is 11.3. The highest BCUT2D eigenvalue weighted by Gasteiger charge is 2.16. The van der Waals surface area contributed by atoms with E-state index in [0.29, 0.717) is 6.42 Å². The Kier molecular flexibility index (Phi) is 6.98. The molecule has 0 amide bonds. The first kappa shape index (κ1) is 21.8. The van der Waals surface area contributed by atoms with Crippen LogP contribution in [0, 0.1) is 0 Å². The van der Waals surface area contributed by atoms with Crippen LogP contribution in [0.15, 0.2) is 114 Å². The minimum atomic E-state index is -0.777. The summed E-state index contributed by atoms with van der Waals surface area (Å²) in [6.07, 6.45) is 0.660. The zero-order valence-corrected chi connectivity index (χ0v) is 19.1. The molecule has 4 aromatic carbocycles. The summed E-state index contributed by atoms with van der Waals surface area (Å²) < 4.78 is 1.04. The van der Waals surface area contributed by atoms with Crippen molar-refractivity contribution in [3.05, 3.63) is 141 Å². The fourth-order valence-corrected chi connectivity index (χ4v) is 4.09. The van der Waals surface area contributed by atoms with Crippen LogP contribution in [-0.4, -0.2) is 11.1 Å². The van der Waals surface area contributed by atoms with Crippen molar-refractivity contribution in [1.82, 2.24) is 0 Å². The summed E-state index contributed by atoms with van der Waals surface area (Å²) in [5, 5.41) is 9.00. The molecule has 0 saturated heterocycles. The van der Waals surface area contributed by atoms with Gasteiger partial charge in [0.1, 0.15) is 0 Å². The highest BCUT2D eigenvalue weighted by molar-refractivity contribution is 9.10. The summed E-state index contributed by atoms with van der Waals surface area (Å²) in [6, 6.07) is 37.5. The number of carboxylic acid groups (broad SMARTS) is 1. The summed E-state index contributed by atoms with van der Waals surface area (Å²) >= 11 is 3.55. The van der Waals surface area contributed by atoms with Gasteiger partial charge in [0, 0.05) is 10.9 Å². The van der Waals surface area contributed by atoms with E-state index in [1.54, 1.807) is 0 Å². The molecule has 0 aliphatic rings. The van der Waals surface area contributed by atoms with E-state index in [0.717, 1.165) is 43.4 Å². The Morgan fingerprint density at radius 1 is 0.594 bits per heavy atom. The molecule has 0 radical (unpaired) electrons. The molecule has 4 rings (SSSR count). The first-order valence-electron chi connectivity index (χ1n) is 10.5. The Hall–Kier alpha value is -3.43. The third-order valence-corrected chi connectivity index (χ3v) is 5.91. The average molecular weight is 483 g/mol. The minimum absolute atomic E-state index is 0.134. The van der Waals surface area contributed by atoms with Crippen LogP contribution < -0.4 is 0 Å². The summed E-state index contributed by atoms with van der Waals surface area (Å²) in [5.41, 5.74) is 7.82. The molecule has 0 fully saturated rings. The molecule has 0 bridgehead atoms. The summed E-state index contributed by atoms with van der Waals surface area (Å²) in [6.45, 7) is 0. The van der Waals surface area contributed by atoms with Gasteiger partial charge in [0.25, 0.3) is 0 Å². The van der Waals surface area contributed by atoms with Gasteiger partial charge in [-0.2, -0.15) is 0 Å². The quantitative estimate of drug-likeness (QED) is 0.277. The number of hydrogen-bond acceptors (Lipinski definition) is 1. The lowest BCUT2D eigenvalue weighted by Crippen LogP contribution is -1.99. The predicted molar refractivity (Wildman–Crippen MR) is 134 cm³/mol. The van der Waals surface area contributed by atoms with Gasteiger partial charge in [-0.25, -0.2) is 0 Å². The van der Waals surface area contributed by atoms with Crippen LogP contribution in [0.5, 0.6) is 0 Å². The molecule has 0 aliphatic carbocycles. The number of rotatable bonds is 7. The summed E-state index contributed by atoms with van der Waals surface area (Å²) in [4.78, 5) is 10.9. The van der Waals surface area contributed by atoms with Crippen LogP contribution in [0.25, 0.3) is 11.1 Å². The topological polar surface area (TPSA) is 37.3 Å². The monoisotopic (exact) mass is 482 g/mol. The molecule has 3 heteroatoms. The molecule has 4 aromatic rings. The van der Waals surface area contributed by atoms with E-state index in [-0.39, 0.29) is 6.42 Å². The number of aryl methyl sites for hydroxylation is 1. The van der Waals surface area contributed by atoms with Gasteiger partial charge in [0.05, 0.1) is 0 Å². The van der Waals surface area contributed by atoms with E-state index in [1.807, 2.05) is 24.3 Å². The van der Waals surface area contributed by atoms with E-state index < -0.39 is 5.97 Å². The molecule has 0 aromatic heterocycles. The maximum atomic E-state index is 10.9. The molecule has 2 nitrogen and oxygen atoms in total. The number of halogens is 1. The van der Waals surface area contributed by atoms with Crippen molar-refractivity contribution in [2.75, 3.05) is 0 Å². The van der Waals surface area contributed by atoms with E-state index in [9.17, 15) is 4.79 Å². The van der Waals surface area contributed by atoms with E-state index in [2.05, 4.69) is 101 Å². The molecule has 1 N–H and O–H groups in total. The van der Waals surface area contributed by atoms with Gasteiger partial charge in [0.15, 0.2) is 0 Å². The fraction of sp³-hybridized carbons (Fsp3) is 0.0690. The lowest BCUT2D eigenvalue weighted by atomic mass is 9.85. The Bertz CT molecular complexity index is 1210. The Morgan fingerprint density at radius 3 is 1.44 bits per heavy atom. The molecule has 158 valence electrons. The molecule has 0 aliphatic heterocycles. The Morgan fingerprint density at radius 2 is 1.00 bits per heavy atom. The number of benzene rings is 4. The van der Waals surface area contributed by atoms with Crippen LogP contribution in [0.4, 0.5) is 0 Å². The smallest absolute Gasteiger partial charge is 0.303 e. The van der Waals surface area contributed by atoms with E-state index in [4.69, 9.17) is 5.11 Å². The first-order chi connectivity index (χ1) is 15.6. The third kappa shape index (κ3) is 5.24. The Labute approximate surface area is 197 Å². The van der Waals surface area contributed by atoms with Crippen molar-refractivity contribution < 1.29 is 9.90 Å². The second-order valence-electron chi connectivity index (χ2n) is 7.58. The van der Waals surface area contributed by atoms with E-state index in [1.165, 1.54) is 0 Å². The normalized spacial score (nSPS) is 11.7. The standard InChI is InChI=1S/C29H23BrO2/c30-26-18-16-25(17-19-26)29(23-9-5-2-6-10-23)28(22-7-3-1-4-8-22)24-14-11-21(12-15-24)13-20-27(31)32/h1-12,14-19H,13,20H2,(H,31,32). The minimum Gasteiger partial charge on any atom is -0.481 e. The number of carboxylic acids is 1. The number of carbonyl (C=O) groups is 1. The molecule has 32 heavy (non-hydrogen) atoms. The largest absolute Gasteiger partial charge is 0.481 e. The number of hydrogen-bond donors (Lipinski definition) is 1. The van der Waals surface area contributed by atoms with Gasteiger partial charge in [-0.05, 0) is 57.5 Å². The van der Waals surface area contributed by atoms with Gasteiger partial charge in [-0.1, -0.05) is 113 Å². The molecular formula is C29H23BrO2.